The van der Waals surface area contributed by atoms with Gasteiger partial charge in [0.1, 0.15) is 19.0 Å². The lowest BCUT2D eigenvalue weighted by Crippen LogP contribution is -2.40. The number of nitrogens with one attached hydrogen (secondary N) is 2. The summed E-state index contributed by atoms with van der Waals surface area (Å²) >= 11 is 0. The van der Waals surface area contributed by atoms with Crippen LogP contribution in [0.4, 0.5) is 0 Å². The van der Waals surface area contributed by atoms with Gasteiger partial charge in [0.2, 0.25) is 5.91 Å². The zero-order valence-electron chi connectivity index (χ0n) is 12.2. The van der Waals surface area contributed by atoms with Gasteiger partial charge in [0.15, 0.2) is 0 Å². The van der Waals surface area contributed by atoms with Crippen LogP contribution in [-0.2, 0) is 9.53 Å². The molecule has 0 saturated carbocycles. The summed E-state index contributed by atoms with van der Waals surface area (Å²) in [5, 5.41) is 6.03. The first-order valence-electron chi connectivity index (χ1n) is 6.98. The van der Waals surface area contributed by atoms with Crippen molar-refractivity contribution in [1.82, 2.24) is 10.6 Å². The highest BCUT2D eigenvalue weighted by atomic mass is 16.5. The molecule has 0 saturated heterocycles. The fourth-order valence-corrected chi connectivity index (χ4v) is 1.64. The van der Waals surface area contributed by atoms with E-state index >= 15 is 0 Å². The molecule has 1 rings (SSSR count). The van der Waals surface area contributed by atoms with Gasteiger partial charge in [-0.15, -0.1) is 0 Å². The lowest BCUT2D eigenvalue weighted by atomic mass is 10.3. The molecular weight excluding hydrogens is 256 g/mol. The number of rotatable bonds is 10. The van der Waals surface area contributed by atoms with Crippen LogP contribution >= 0.6 is 0 Å². The van der Waals surface area contributed by atoms with Crippen LogP contribution in [0.1, 0.15) is 13.8 Å². The van der Waals surface area contributed by atoms with E-state index < -0.39 is 0 Å². The number of ether oxygens (including phenoxy) is 2. The summed E-state index contributed by atoms with van der Waals surface area (Å²) in [6, 6.07) is 9.79. The average molecular weight is 280 g/mol. The Balaban J connectivity index is 1.99. The van der Waals surface area contributed by atoms with Gasteiger partial charge in [-0.1, -0.05) is 25.1 Å². The van der Waals surface area contributed by atoms with Crippen molar-refractivity contribution >= 4 is 5.91 Å². The fraction of sp³-hybridized carbons (Fsp3) is 0.533. The van der Waals surface area contributed by atoms with E-state index in [4.69, 9.17) is 9.47 Å². The highest BCUT2D eigenvalue weighted by Gasteiger charge is 2.04. The van der Waals surface area contributed by atoms with E-state index in [9.17, 15) is 4.79 Å². The summed E-state index contributed by atoms with van der Waals surface area (Å²) in [5.41, 5.74) is 0. The third-order valence-electron chi connectivity index (χ3n) is 2.63. The van der Waals surface area contributed by atoms with Gasteiger partial charge in [-0.05, 0) is 25.6 Å². The van der Waals surface area contributed by atoms with Crippen molar-refractivity contribution in [2.45, 2.75) is 19.9 Å². The molecule has 0 heterocycles. The summed E-state index contributed by atoms with van der Waals surface area (Å²) in [5.74, 6) is 0.703. The monoisotopic (exact) mass is 280 g/mol. The van der Waals surface area contributed by atoms with E-state index in [0.717, 1.165) is 12.3 Å². The Morgan fingerprint density at radius 2 is 2.00 bits per heavy atom. The standard InChI is InChI=1S/C15H24N2O3/c1-3-16-13(2)11-17-15(18)12-19-9-10-20-14-7-5-4-6-8-14/h4-8,13,16H,3,9-12H2,1-2H3,(H,17,18)/t13-/m1/s1. The lowest BCUT2D eigenvalue weighted by Gasteiger charge is -2.13. The maximum atomic E-state index is 11.5. The van der Waals surface area contributed by atoms with E-state index in [0.29, 0.717) is 19.8 Å². The van der Waals surface area contributed by atoms with Crippen LogP contribution in [0.3, 0.4) is 0 Å². The SMILES string of the molecule is CCN[C@H](C)CNC(=O)COCCOc1ccccc1. The summed E-state index contributed by atoms with van der Waals surface area (Å²) < 4.78 is 10.7. The molecule has 1 atom stereocenters. The molecule has 0 aromatic heterocycles. The molecule has 5 nitrogen and oxygen atoms in total. The minimum atomic E-state index is -0.102. The molecule has 1 aromatic rings. The summed E-state index contributed by atoms with van der Waals surface area (Å²) in [7, 11) is 0. The van der Waals surface area contributed by atoms with Gasteiger partial charge in [-0.2, -0.15) is 0 Å². The molecule has 0 fully saturated rings. The number of benzene rings is 1. The van der Waals surface area contributed by atoms with Gasteiger partial charge >= 0.3 is 0 Å². The van der Waals surface area contributed by atoms with Gasteiger partial charge in [0, 0.05) is 12.6 Å². The Morgan fingerprint density at radius 3 is 2.70 bits per heavy atom. The van der Waals surface area contributed by atoms with E-state index in [1.54, 1.807) is 0 Å². The Kier molecular flexibility index (Phi) is 8.42. The van der Waals surface area contributed by atoms with Crippen molar-refractivity contribution in [1.29, 1.82) is 0 Å². The largest absolute Gasteiger partial charge is 0.491 e. The maximum Gasteiger partial charge on any atom is 0.246 e. The molecular formula is C15H24N2O3. The Morgan fingerprint density at radius 1 is 1.25 bits per heavy atom. The second-order valence-electron chi connectivity index (χ2n) is 4.48. The minimum Gasteiger partial charge on any atom is -0.491 e. The molecule has 20 heavy (non-hydrogen) atoms. The molecule has 5 heteroatoms. The fourth-order valence-electron chi connectivity index (χ4n) is 1.64. The van der Waals surface area contributed by atoms with Crippen LogP contribution in [0.25, 0.3) is 0 Å². The average Bonchev–Trinajstić information content (AvgIpc) is 2.46. The first kappa shape index (κ1) is 16.5. The lowest BCUT2D eigenvalue weighted by molar-refractivity contribution is -0.126. The molecule has 0 bridgehead atoms. The highest BCUT2D eigenvalue weighted by Crippen LogP contribution is 2.07. The smallest absolute Gasteiger partial charge is 0.246 e. The summed E-state index contributed by atoms with van der Waals surface area (Å²) in [6.45, 7) is 6.46. The molecule has 112 valence electrons. The Hall–Kier alpha value is -1.59. The summed E-state index contributed by atoms with van der Waals surface area (Å²) in [6.07, 6.45) is 0. The molecule has 0 aliphatic rings. The first-order valence-corrected chi connectivity index (χ1v) is 6.98. The molecule has 0 aliphatic heterocycles. The third-order valence-corrected chi connectivity index (χ3v) is 2.63. The molecule has 0 spiro atoms. The summed E-state index contributed by atoms with van der Waals surface area (Å²) in [4.78, 5) is 11.5. The number of amides is 1. The van der Waals surface area contributed by atoms with Crippen LogP contribution in [0, 0.1) is 0 Å². The molecule has 2 N–H and O–H groups in total. The normalized spacial score (nSPS) is 11.9. The van der Waals surface area contributed by atoms with E-state index in [2.05, 4.69) is 10.6 Å². The van der Waals surface area contributed by atoms with Crippen molar-refractivity contribution in [2.24, 2.45) is 0 Å². The van der Waals surface area contributed by atoms with Gasteiger partial charge in [0.25, 0.3) is 0 Å². The highest BCUT2D eigenvalue weighted by molar-refractivity contribution is 5.77. The molecule has 1 amide bonds. The maximum absolute atomic E-state index is 11.5. The van der Waals surface area contributed by atoms with Crippen molar-refractivity contribution < 1.29 is 14.3 Å². The Labute approximate surface area is 120 Å². The number of hydrogen-bond donors (Lipinski definition) is 2. The minimum absolute atomic E-state index is 0.0665. The second-order valence-corrected chi connectivity index (χ2v) is 4.48. The van der Waals surface area contributed by atoms with Crippen LogP contribution in [0.15, 0.2) is 30.3 Å². The van der Waals surface area contributed by atoms with Crippen LogP contribution in [-0.4, -0.2) is 44.9 Å². The quantitative estimate of drug-likeness (QED) is 0.632. The van der Waals surface area contributed by atoms with Gasteiger partial charge < -0.3 is 20.1 Å². The predicted molar refractivity (Wildman–Crippen MR) is 78.9 cm³/mol. The van der Waals surface area contributed by atoms with Crippen LogP contribution < -0.4 is 15.4 Å². The number of carbonyl (C=O) groups excluding carboxylic acids is 1. The molecule has 0 radical (unpaired) electrons. The van der Waals surface area contributed by atoms with Crippen LogP contribution in [0.5, 0.6) is 5.75 Å². The van der Waals surface area contributed by atoms with E-state index in [1.807, 2.05) is 44.2 Å². The second kappa shape index (κ2) is 10.2. The van der Waals surface area contributed by atoms with Crippen molar-refractivity contribution in [3.8, 4) is 5.75 Å². The van der Waals surface area contributed by atoms with Crippen molar-refractivity contribution in [3.05, 3.63) is 30.3 Å². The van der Waals surface area contributed by atoms with Crippen LogP contribution in [0.2, 0.25) is 0 Å². The topological polar surface area (TPSA) is 59.6 Å². The molecule has 0 unspecified atom stereocenters. The van der Waals surface area contributed by atoms with E-state index in [1.165, 1.54) is 0 Å². The predicted octanol–water partition coefficient (Wildman–Crippen LogP) is 1.20. The Bertz CT molecular complexity index is 371. The molecule has 0 aliphatic carbocycles. The molecule has 1 aromatic carbocycles. The van der Waals surface area contributed by atoms with E-state index in [-0.39, 0.29) is 18.6 Å². The number of carbonyl (C=O) groups is 1. The van der Waals surface area contributed by atoms with Crippen molar-refractivity contribution in [3.63, 3.8) is 0 Å². The third kappa shape index (κ3) is 7.76. The number of para-hydroxylation sites is 1. The number of likely N-dealkylation sites (N-methyl/N-ethyl adjacent to an activating group) is 1. The first-order chi connectivity index (χ1) is 9.72. The van der Waals surface area contributed by atoms with Gasteiger partial charge in [-0.25, -0.2) is 0 Å². The zero-order chi connectivity index (χ0) is 14.6. The van der Waals surface area contributed by atoms with Crippen molar-refractivity contribution in [2.75, 3.05) is 32.9 Å². The zero-order valence-corrected chi connectivity index (χ0v) is 12.2. The van der Waals surface area contributed by atoms with Gasteiger partial charge in [-0.3, -0.25) is 4.79 Å². The van der Waals surface area contributed by atoms with Gasteiger partial charge in [0.05, 0.1) is 6.61 Å². The number of hydrogen-bond acceptors (Lipinski definition) is 4.